The van der Waals surface area contributed by atoms with Crippen LogP contribution in [0, 0.1) is 5.92 Å². The molecule has 0 radical (unpaired) electrons. The summed E-state index contributed by atoms with van der Waals surface area (Å²) in [6.45, 7) is 8.10. The Morgan fingerprint density at radius 2 is 2.23 bits per heavy atom. The number of allylic oxidation sites excluding steroid dienone is 1. The Hall–Kier alpha value is -1.05. The van der Waals surface area contributed by atoms with Crippen LogP contribution < -0.4 is 0 Å². The quantitative estimate of drug-likeness (QED) is 0.423. The molecule has 1 heterocycles. The topological polar surface area (TPSA) is 26.3 Å². The number of carbonyl (C=O) groups excluding carboxylic acids is 1. The summed E-state index contributed by atoms with van der Waals surface area (Å²) in [7, 11) is 0. The Kier molecular flexibility index (Phi) is 3.29. The van der Waals surface area contributed by atoms with Crippen LogP contribution in [0.1, 0.15) is 26.2 Å². The summed E-state index contributed by atoms with van der Waals surface area (Å²) in [6.07, 6.45) is 5.10. The average molecular weight is 180 g/mol. The van der Waals surface area contributed by atoms with Crippen molar-refractivity contribution >= 4 is 5.97 Å². The van der Waals surface area contributed by atoms with E-state index in [1.165, 1.54) is 5.57 Å². The van der Waals surface area contributed by atoms with E-state index in [0.717, 1.165) is 12.8 Å². The predicted octanol–water partition coefficient (Wildman–Crippen LogP) is 2.46. The molecule has 1 saturated heterocycles. The molecular formula is C11H16O2. The summed E-state index contributed by atoms with van der Waals surface area (Å²) in [4.78, 5) is 10.9. The molecule has 0 aromatic carbocycles. The SMILES string of the molecule is C=C.CC1=C[C@H]2OC(=O)C[C@H]2CC1. The summed E-state index contributed by atoms with van der Waals surface area (Å²) in [5.41, 5.74) is 1.36. The van der Waals surface area contributed by atoms with Gasteiger partial charge in [-0.05, 0) is 25.8 Å². The monoisotopic (exact) mass is 180 g/mol. The summed E-state index contributed by atoms with van der Waals surface area (Å²) in [5, 5.41) is 0. The van der Waals surface area contributed by atoms with Crippen LogP contribution in [0.3, 0.4) is 0 Å². The molecule has 2 nitrogen and oxygen atoms in total. The molecule has 1 fully saturated rings. The normalized spacial score (nSPS) is 30.8. The third-order valence-electron chi connectivity index (χ3n) is 2.52. The van der Waals surface area contributed by atoms with Gasteiger partial charge in [-0.3, -0.25) is 4.79 Å². The van der Waals surface area contributed by atoms with Crippen molar-refractivity contribution < 1.29 is 9.53 Å². The maximum atomic E-state index is 10.9. The fourth-order valence-corrected chi connectivity index (χ4v) is 1.84. The first-order valence-electron chi connectivity index (χ1n) is 4.62. The Balaban J connectivity index is 0.000000396. The zero-order chi connectivity index (χ0) is 9.84. The minimum Gasteiger partial charge on any atom is -0.458 e. The van der Waals surface area contributed by atoms with Gasteiger partial charge in [0.15, 0.2) is 0 Å². The molecule has 2 atom stereocenters. The van der Waals surface area contributed by atoms with E-state index < -0.39 is 0 Å². The highest BCUT2D eigenvalue weighted by atomic mass is 16.5. The van der Waals surface area contributed by atoms with Crippen molar-refractivity contribution in [3.05, 3.63) is 24.8 Å². The molecule has 0 bridgehead atoms. The standard InChI is InChI=1S/C9H12O2.C2H4/c1-6-2-3-7-5-9(10)11-8(7)4-6;1-2/h4,7-8H,2-3,5H2,1H3;1-2H2/t7-,8-;/m1./s1. The fraction of sp³-hybridized carbons (Fsp3) is 0.545. The third kappa shape index (κ3) is 2.20. The van der Waals surface area contributed by atoms with E-state index in [0.29, 0.717) is 12.3 Å². The van der Waals surface area contributed by atoms with Gasteiger partial charge in [0, 0.05) is 5.92 Å². The summed E-state index contributed by atoms with van der Waals surface area (Å²) in [5.74, 6) is 0.456. The van der Waals surface area contributed by atoms with Gasteiger partial charge < -0.3 is 4.74 Å². The molecule has 2 rings (SSSR count). The molecule has 0 amide bonds. The van der Waals surface area contributed by atoms with Crippen molar-refractivity contribution in [2.24, 2.45) is 5.92 Å². The number of hydrogen-bond donors (Lipinski definition) is 0. The highest BCUT2D eigenvalue weighted by Gasteiger charge is 2.34. The van der Waals surface area contributed by atoms with E-state index in [4.69, 9.17) is 4.74 Å². The van der Waals surface area contributed by atoms with Gasteiger partial charge in [-0.15, -0.1) is 13.2 Å². The number of fused-ring (bicyclic) bond motifs is 1. The average Bonchev–Trinajstić information content (AvgIpc) is 2.48. The second-order valence-corrected chi connectivity index (χ2v) is 3.47. The Bertz CT molecular complexity index is 230. The van der Waals surface area contributed by atoms with Crippen molar-refractivity contribution in [3.63, 3.8) is 0 Å². The van der Waals surface area contributed by atoms with Gasteiger partial charge in [0.1, 0.15) is 6.10 Å². The Labute approximate surface area is 79.3 Å². The molecule has 2 heteroatoms. The van der Waals surface area contributed by atoms with E-state index in [9.17, 15) is 4.79 Å². The van der Waals surface area contributed by atoms with Crippen LogP contribution in [-0.2, 0) is 9.53 Å². The minimum absolute atomic E-state index is 0.0223. The Morgan fingerprint density at radius 1 is 1.54 bits per heavy atom. The number of hydrogen-bond acceptors (Lipinski definition) is 2. The first-order chi connectivity index (χ1) is 6.25. The van der Waals surface area contributed by atoms with E-state index in [1.54, 1.807) is 0 Å². The zero-order valence-electron chi connectivity index (χ0n) is 8.08. The lowest BCUT2D eigenvalue weighted by molar-refractivity contribution is -0.140. The van der Waals surface area contributed by atoms with Crippen LogP contribution in [-0.4, -0.2) is 12.1 Å². The van der Waals surface area contributed by atoms with Crippen molar-refractivity contribution in [3.8, 4) is 0 Å². The lowest BCUT2D eigenvalue weighted by Gasteiger charge is -2.19. The number of rotatable bonds is 0. The lowest BCUT2D eigenvalue weighted by atomic mass is 9.87. The molecule has 0 saturated carbocycles. The van der Waals surface area contributed by atoms with Crippen molar-refractivity contribution in [2.45, 2.75) is 32.3 Å². The predicted molar refractivity (Wildman–Crippen MR) is 52.2 cm³/mol. The van der Waals surface area contributed by atoms with Crippen molar-refractivity contribution in [1.82, 2.24) is 0 Å². The van der Waals surface area contributed by atoms with E-state index in [-0.39, 0.29) is 12.1 Å². The highest BCUT2D eigenvalue weighted by molar-refractivity contribution is 5.72. The molecule has 13 heavy (non-hydrogen) atoms. The van der Waals surface area contributed by atoms with E-state index >= 15 is 0 Å². The summed E-state index contributed by atoms with van der Waals surface area (Å²) >= 11 is 0. The van der Waals surface area contributed by atoms with Crippen molar-refractivity contribution in [1.29, 1.82) is 0 Å². The molecular weight excluding hydrogens is 164 g/mol. The molecule has 1 aliphatic carbocycles. The molecule has 72 valence electrons. The highest BCUT2D eigenvalue weighted by Crippen LogP contribution is 2.33. The van der Waals surface area contributed by atoms with E-state index in [2.05, 4.69) is 26.2 Å². The van der Waals surface area contributed by atoms with Crippen molar-refractivity contribution in [2.75, 3.05) is 0 Å². The molecule has 0 aromatic heterocycles. The number of ether oxygens (including phenoxy) is 1. The zero-order valence-corrected chi connectivity index (χ0v) is 8.08. The summed E-state index contributed by atoms with van der Waals surface area (Å²) in [6, 6.07) is 0. The second kappa shape index (κ2) is 4.26. The van der Waals surface area contributed by atoms with Crippen LogP contribution in [0.4, 0.5) is 0 Å². The van der Waals surface area contributed by atoms with Gasteiger partial charge in [0.2, 0.25) is 0 Å². The molecule has 0 unspecified atom stereocenters. The second-order valence-electron chi connectivity index (χ2n) is 3.47. The minimum atomic E-state index is -0.0223. The van der Waals surface area contributed by atoms with Gasteiger partial charge in [-0.1, -0.05) is 5.57 Å². The van der Waals surface area contributed by atoms with Crippen LogP contribution in [0.5, 0.6) is 0 Å². The first-order valence-corrected chi connectivity index (χ1v) is 4.62. The van der Waals surface area contributed by atoms with E-state index in [1.807, 2.05) is 0 Å². The van der Waals surface area contributed by atoms with Crippen LogP contribution in [0.2, 0.25) is 0 Å². The molecule has 1 aliphatic heterocycles. The molecule has 2 aliphatic rings. The maximum Gasteiger partial charge on any atom is 0.306 e. The number of esters is 1. The largest absolute Gasteiger partial charge is 0.458 e. The van der Waals surface area contributed by atoms with Gasteiger partial charge in [-0.2, -0.15) is 0 Å². The third-order valence-corrected chi connectivity index (χ3v) is 2.52. The number of carbonyl (C=O) groups is 1. The van der Waals surface area contributed by atoms with Crippen LogP contribution in [0.25, 0.3) is 0 Å². The Morgan fingerprint density at radius 3 is 2.92 bits per heavy atom. The smallest absolute Gasteiger partial charge is 0.306 e. The van der Waals surface area contributed by atoms with Gasteiger partial charge in [-0.25, -0.2) is 0 Å². The van der Waals surface area contributed by atoms with Gasteiger partial charge in [0.25, 0.3) is 0 Å². The molecule has 0 spiro atoms. The lowest BCUT2D eigenvalue weighted by Crippen LogP contribution is -2.17. The maximum absolute atomic E-state index is 10.9. The first kappa shape index (κ1) is 10.0. The summed E-state index contributed by atoms with van der Waals surface area (Å²) < 4.78 is 5.12. The van der Waals surface area contributed by atoms with Gasteiger partial charge >= 0.3 is 5.97 Å². The van der Waals surface area contributed by atoms with Gasteiger partial charge in [0.05, 0.1) is 6.42 Å². The molecule has 0 aromatic rings. The van der Waals surface area contributed by atoms with Crippen LogP contribution in [0.15, 0.2) is 24.8 Å². The van der Waals surface area contributed by atoms with Crippen LogP contribution >= 0.6 is 0 Å². The molecule has 0 N–H and O–H groups in total. The fourth-order valence-electron chi connectivity index (χ4n) is 1.84.